The molecule has 2 rings (SSSR count). The fraction of sp³-hybridized carbons (Fsp3) is 0.733. The normalized spacial score (nSPS) is 12.6. The lowest BCUT2D eigenvalue weighted by molar-refractivity contribution is 0.527. The first kappa shape index (κ1) is 27.6. The summed E-state index contributed by atoms with van der Waals surface area (Å²) in [6, 6.07) is 0. The highest BCUT2D eigenvalue weighted by atomic mass is 15.1. The second-order valence-corrected chi connectivity index (χ2v) is 10.0. The molecule has 3 nitrogen and oxygen atoms in total. The maximum atomic E-state index is 4.13. The summed E-state index contributed by atoms with van der Waals surface area (Å²) in [5.41, 5.74) is 1.42. The van der Waals surface area contributed by atoms with Crippen LogP contribution in [-0.2, 0) is 6.42 Å². The van der Waals surface area contributed by atoms with E-state index < -0.39 is 0 Å². The van der Waals surface area contributed by atoms with Crippen molar-refractivity contribution in [1.29, 1.82) is 0 Å². The van der Waals surface area contributed by atoms with Gasteiger partial charge in [-0.05, 0) is 36.5 Å². The van der Waals surface area contributed by atoms with Crippen molar-refractivity contribution in [2.24, 2.45) is 0 Å². The highest BCUT2D eigenvalue weighted by Gasteiger charge is 2.02. The number of hydrogen-bond acceptors (Lipinski definition) is 2. The van der Waals surface area contributed by atoms with E-state index in [4.69, 9.17) is 0 Å². The molecule has 1 aromatic heterocycles. The van der Waals surface area contributed by atoms with E-state index >= 15 is 0 Å². The van der Waals surface area contributed by atoms with Crippen LogP contribution in [0, 0.1) is 0 Å². The van der Waals surface area contributed by atoms with Gasteiger partial charge in [-0.25, -0.2) is 0 Å². The average molecular weight is 456 g/mol. The summed E-state index contributed by atoms with van der Waals surface area (Å²) in [5.74, 6) is 0.968. The molecule has 3 heteroatoms. The highest BCUT2D eigenvalue weighted by molar-refractivity contribution is 5.39. The Morgan fingerprint density at radius 2 is 1.24 bits per heavy atom. The van der Waals surface area contributed by atoms with Crippen LogP contribution < -0.4 is 21.2 Å². The number of aromatic nitrogens is 1. The van der Waals surface area contributed by atoms with Gasteiger partial charge in [0.25, 0.3) is 0 Å². The third kappa shape index (κ3) is 13.0. The zero-order valence-electron chi connectivity index (χ0n) is 21.8. The van der Waals surface area contributed by atoms with E-state index in [0.29, 0.717) is 0 Å². The van der Waals surface area contributed by atoms with E-state index in [-0.39, 0.29) is 0 Å². The minimum absolute atomic E-state index is 0.933. The van der Waals surface area contributed by atoms with Crippen molar-refractivity contribution in [1.82, 2.24) is 15.6 Å². The lowest BCUT2D eigenvalue weighted by Gasteiger charge is -2.12. The largest absolute Gasteiger partial charge is 0.372 e. The van der Waals surface area contributed by atoms with Gasteiger partial charge >= 0.3 is 0 Å². The first-order valence-electron chi connectivity index (χ1n) is 14.3. The van der Waals surface area contributed by atoms with Crippen molar-refractivity contribution in [3.63, 3.8) is 0 Å². The van der Waals surface area contributed by atoms with E-state index in [0.717, 1.165) is 31.8 Å². The third-order valence-electron chi connectivity index (χ3n) is 7.00. The smallest absolute Gasteiger partial charge is 0.0912 e. The van der Waals surface area contributed by atoms with Crippen molar-refractivity contribution < 1.29 is 0 Å². The monoisotopic (exact) mass is 455 g/mol. The van der Waals surface area contributed by atoms with Gasteiger partial charge in [-0.15, -0.1) is 0 Å². The molecule has 0 atom stereocenters. The van der Waals surface area contributed by atoms with Crippen molar-refractivity contribution in [2.75, 3.05) is 13.1 Å². The number of fused-ring (bicyclic) bond motifs is 1. The van der Waals surface area contributed by atoms with E-state index in [9.17, 15) is 0 Å². The number of unbranched alkanes of at least 4 members (excludes halogenated alkanes) is 15. The molecule has 0 spiro atoms. The van der Waals surface area contributed by atoms with Gasteiger partial charge in [-0.3, -0.25) is 0 Å². The van der Waals surface area contributed by atoms with E-state index in [2.05, 4.69) is 47.5 Å². The van der Waals surface area contributed by atoms with Crippen LogP contribution in [0.1, 0.15) is 128 Å². The number of hydrogen-bond donors (Lipinski definition) is 3. The molecule has 0 saturated heterocycles. The lowest BCUT2D eigenvalue weighted by atomic mass is 10.0. The Bertz CT molecular complexity index is 730. The number of H-pyrrole nitrogens is 1. The molecule has 0 aliphatic heterocycles. The molecule has 0 radical (unpaired) electrons. The Kier molecular flexibility index (Phi) is 15.7. The minimum Gasteiger partial charge on any atom is -0.372 e. The predicted octanol–water partition coefficient (Wildman–Crippen LogP) is 6.82. The predicted molar refractivity (Wildman–Crippen MR) is 147 cm³/mol. The quantitative estimate of drug-likeness (QED) is 0.168. The maximum Gasteiger partial charge on any atom is 0.0912 e. The fourth-order valence-electron chi connectivity index (χ4n) is 4.89. The van der Waals surface area contributed by atoms with Gasteiger partial charge in [-0.2, -0.15) is 0 Å². The molecule has 0 aromatic carbocycles. The average Bonchev–Trinajstić information content (AvgIpc) is 3.24. The zero-order chi connectivity index (χ0) is 23.4. The van der Waals surface area contributed by atoms with Crippen LogP contribution in [0.5, 0.6) is 0 Å². The molecule has 0 fully saturated rings. The summed E-state index contributed by atoms with van der Waals surface area (Å²) in [5, 5.41) is 9.60. The van der Waals surface area contributed by atoms with Gasteiger partial charge in [0.05, 0.1) is 5.82 Å². The van der Waals surface area contributed by atoms with Crippen LogP contribution in [0.2, 0.25) is 0 Å². The molecule has 0 bridgehead atoms. The molecular formula is C30H53N3. The Hall–Kier alpha value is -1.64. The molecule has 1 aliphatic carbocycles. The topological polar surface area (TPSA) is 39.8 Å². The standard InChI is InChI=1S/C30H53N3/c1-3-4-5-6-7-8-9-10-11-12-13-14-15-16-17-20-24-31-27(2)32-25-23-28-26-33-30-22-19-18-21-29(28)30/h21-22,26,31-33H,2-20,23-25H2,1H3. The Morgan fingerprint density at radius 3 is 1.85 bits per heavy atom. The van der Waals surface area contributed by atoms with Crippen LogP contribution in [0.3, 0.4) is 0 Å². The molecular weight excluding hydrogens is 402 g/mol. The molecule has 1 aliphatic rings. The SMILES string of the molecule is C=C(NCCCCCCCCCCCCCCCCCC)NCCc1c[nH]c2c1=CCCC=2. The number of aromatic amines is 1. The molecule has 33 heavy (non-hydrogen) atoms. The van der Waals surface area contributed by atoms with Gasteiger partial charge in [0.1, 0.15) is 0 Å². The van der Waals surface area contributed by atoms with Gasteiger partial charge in [0.2, 0.25) is 0 Å². The molecule has 1 heterocycles. The number of nitrogens with one attached hydrogen (secondary N) is 3. The summed E-state index contributed by atoms with van der Waals surface area (Å²) in [7, 11) is 0. The molecule has 0 unspecified atom stereocenters. The molecule has 0 amide bonds. The van der Waals surface area contributed by atoms with Crippen molar-refractivity contribution >= 4 is 12.2 Å². The first-order valence-corrected chi connectivity index (χ1v) is 14.3. The third-order valence-corrected chi connectivity index (χ3v) is 7.00. The first-order chi connectivity index (χ1) is 16.3. The Labute approximate surface area is 204 Å². The molecule has 0 saturated carbocycles. The Balaban J connectivity index is 1.30. The van der Waals surface area contributed by atoms with E-state index in [1.54, 1.807) is 0 Å². The van der Waals surface area contributed by atoms with Gasteiger partial charge in [0, 0.05) is 24.6 Å². The highest BCUT2D eigenvalue weighted by Crippen LogP contribution is 2.13. The summed E-state index contributed by atoms with van der Waals surface area (Å²) in [4.78, 5) is 3.40. The van der Waals surface area contributed by atoms with Crippen LogP contribution in [-0.4, -0.2) is 18.1 Å². The van der Waals surface area contributed by atoms with E-state index in [1.807, 2.05) is 0 Å². The summed E-state index contributed by atoms with van der Waals surface area (Å²) in [6.45, 7) is 8.39. The van der Waals surface area contributed by atoms with Crippen LogP contribution in [0.25, 0.3) is 12.2 Å². The Morgan fingerprint density at radius 1 is 0.727 bits per heavy atom. The minimum atomic E-state index is 0.933. The zero-order valence-corrected chi connectivity index (χ0v) is 21.8. The van der Waals surface area contributed by atoms with Crippen molar-refractivity contribution in [3.8, 4) is 0 Å². The van der Waals surface area contributed by atoms with Crippen molar-refractivity contribution in [3.05, 3.63) is 34.7 Å². The van der Waals surface area contributed by atoms with Crippen molar-refractivity contribution in [2.45, 2.75) is 129 Å². The van der Waals surface area contributed by atoms with Gasteiger partial charge < -0.3 is 15.6 Å². The van der Waals surface area contributed by atoms with E-state index in [1.165, 1.54) is 125 Å². The fourth-order valence-corrected chi connectivity index (χ4v) is 4.89. The maximum absolute atomic E-state index is 4.13. The van der Waals surface area contributed by atoms with Crippen LogP contribution in [0.15, 0.2) is 18.6 Å². The number of rotatable bonds is 22. The van der Waals surface area contributed by atoms with Gasteiger partial charge in [-0.1, -0.05) is 122 Å². The summed E-state index contributed by atoms with van der Waals surface area (Å²) < 4.78 is 0. The second kappa shape index (κ2) is 18.7. The lowest BCUT2D eigenvalue weighted by Crippen LogP contribution is -2.30. The summed E-state index contributed by atoms with van der Waals surface area (Å²) >= 11 is 0. The summed E-state index contributed by atoms with van der Waals surface area (Å²) in [6.07, 6.45) is 32.9. The van der Waals surface area contributed by atoms with Gasteiger partial charge in [0.15, 0.2) is 0 Å². The van der Waals surface area contributed by atoms with Crippen LogP contribution >= 0.6 is 0 Å². The molecule has 188 valence electrons. The molecule has 3 N–H and O–H groups in total. The van der Waals surface area contributed by atoms with Crippen LogP contribution in [0.4, 0.5) is 0 Å². The molecule has 1 aromatic rings. The second-order valence-electron chi connectivity index (χ2n) is 10.0.